The van der Waals surface area contributed by atoms with Crippen molar-refractivity contribution in [3.05, 3.63) is 207 Å². The predicted molar refractivity (Wildman–Crippen MR) is 380 cm³/mol. The molecule has 0 aromatic heterocycles. The quantitative estimate of drug-likeness (QED) is 0.0503. The van der Waals surface area contributed by atoms with Gasteiger partial charge in [-0.1, -0.05) is 57.2 Å². The van der Waals surface area contributed by atoms with Gasteiger partial charge in [0.1, 0.15) is 39.6 Å². The highest BCUT2D eigenvalue weighted by atomic mass is 32.2. The van der Waals surface area contributed by atoms with Crippen LogP contribution in [0, 0.1) is 29.9 Å². The van der Waals surface area contributed by atoms with Crippen LogP contribution in [0.15, 0.2) is 149 Å². The highest BCUT2D eigenvalue weighted by Crippen LogP contribution is 2.56. The number of rotatable bonds is 16. The normalized spacial score (nSPS) is 17.6. The van der Waals surface area contributed by atoms with Crippen molar-refractivity contribution in [2.75, 3.05) is 120 Å². The second-order valence-electron chi connectivity index (χ2n) is 25.1. The Bertz CT molecular complexity index is 4790. The van der Waals surface area contributed by atoms with Gasteiger partial charge in [0.05, 0.1) is 77.7 Å². The van der Waals surface area contributed by atoms with Gasteiger partial charge in [0.15, 0.2) is 23.3 Å². The largest absolute Gasteiger partial charge is 0.497 e. The summed E-state index contributed by atoms with van der Waals surface area (Å²) in [5, 5.41) is 0. The van der Waals surface area contributed by atoms with Crippen LogP contribution in [0.2, 0.25) is 0 Å². The molecule has 0 N–H and O–H groups in total. The summed E-state index contributed by atoms with van der Waals surface area (Å²) >= 11 is 1.37. The van der Waals surface area contributed by atoms with E-state index in [0.29, 0.717) is 89.6 Å². The van der Waals surface area contributed by atoms with Gasteiger partial charge < -0.3 is 43.6 Å². The van der Waals surface area contributed by atoms with Gasteiger partial charge in [-0.25, -0.2) is 26.4 Å². The zero-order chi connectivity index (χ0) is 76.8. The predicted octanol–water partition coefficient (Wildman–Crippen LogP) is 12.8. The number of alkyl halides is 6. The van der Waals surface area contributed by atoms with E-state index in [1.807, 2.05) is 28.9 Å². The van der Waals surface area contributed by atoms with Gasteiger partial charge in [0.2, 0.25) is 10.0 Å². The van der Waals surface area contributed by atoms with Crippen molar-refractivity contribution in [2.24, 2.45) is 5.92 Å². The Kier molecular flexibility index (Phi) is 24.1. The summed E-state index contributed by atoms with van der Waals surface area (Å²) in [6.07, 6.45) is -6.35. The average Bonchev–Trinajstić information content (AvgIpc) is 1.55. The molecule has 3 saturated heterocycles. The topological polar surface area (TPSA) is 194 Å². The second kappa shape index (κ2) is 32.5. The van der Waals surface area contributed by atoms with Crippen LogP contribution in [0.1, 0.15) is 86.9 Å². The van der Waals surface area contributed by atoms with Crippen molar-refractivity contribution in [3.8, 4) is 17.2 Å². The van der Waals surface area contributed by atoms with Crippen LogP contribution in [0.5, 0.6) is 17.2 Å². The molecule has 1 spiro atoms. The van der Waals surface area contributed by atoms with Crippen molar-refractivity contribution in [2.45, 2.75) is 67.2 Å². The minimum Gasteiger partial charge on any atom is -0.497 e. The molecule has 32 heteroatoms. The molecule has 20 nitrogen and oxygen atoms in total. The maximum absolute atomic E-state index is 14.5. The number of halogens is 9. The Morgan fingerprint density at radius 3 is 1.68 bits per heavy atom. The third-order valence-corrected chi connectivity index (χ3v) is 23.9. The number of piperazine rings is 2. The molecule has 0 bridgehead atoms. The highest BCUT2D eigenvalue weighted by molar-refractivity contribution is 8.01. The number of nitrogens with zero attached hydrogens (tertiary/aromatic N) is 9. The van der Waals surface area contributed by atoms with Gasteiger partial charge in [0.25, 0.3) is 23.6 Å². The van der Waals surface area contributed by atoms with Gasteiger partial charge in [-0.15, -0.1) is 15.7 Å². The molecule has 5 aliphatic rings. The number of benzene rings is 7. The fourth-order valence-corrected chi connectivity index (χ4v) is 17.7. The number of amides is 4. The smallest absolute Gasteiger partial charge is 0.417 e. The van der Waals surface area contributed by atoms with Crippen LogP contribution in [0.25, 0.3) is 4.85 Å². The monoisotopic (exact) mass is 1530 g/mol. The molecule has 0 saturated carbocycles. The molecular formula is C74H75F9N9O11S3+. The van der Waals surface area contributed by atoms with E-state index < -0.39 is 94.7 Å². The molecule has 0 radical (unpaired) electrons. The summed E-state index contributed by atoms with van der Waals surface area (Å²) < 4.78 is 193. The fourth-order valence-electron chi connectivity index (χ4n) is 13.3. The molecule has 2 atom stereocenters. The summed E-state index contributed by atoms with van der Waals surface area (Å²) in [6, 6.07) is 31.4. The number of anilines is 3. The van der Waals surface area contributed by atoms with E-state index in [1.165, 1.54) is 91.4 Å². The Morgan fingerprint density at radius 1 is 0.623 bits per heavy atom. The summed E-state index contributed by atoms with van der Waals surface area (Å²) in [7, 11) is -3.04. The average molecular weight is 1530 g/mol. The molecule has 106 heavy (non-hydrogen) atoms. The van der Waals surface area contributed by atoms with Crippen molar-refractivity contribution < 1.29 is 93.7 Å². The minimum atomic E-state index is -4.88. The van der Waals surface area contributed by atoms with Crippen molar-refractivity contribution in [1.82, 2.24) is 19.0 Å². The number of ether oxygens (including phenoxy) is 3. The number of carbonyl (C=O) groups is 4. The van der Waals surface area contributed by atoms with E-state index in [2.05, 4.69) is 4.85 Å². The van der Waals surface area contributed by atoms with Gasteiger partial charge in [-0.2, -0.15) is 39.1 Å². The van der Waals surface area contributed by atoms with E-state index in [-0.39, 0.29) is 86.1 Å². The lowest BCUT2D eigenvalue weighted by molar-refractivity contribution is -0.370. The number of fused-ring (bicyclic) bond motifs is 2. The van der Waals surface area contributed by atoms with Crippen molar-refractivity contribution in [1.29, 1.82) is 0 Å². The Hall–Kier alpha value is -9.84. The van der Waals surface area contributed by atoms with E-state index in [9.17, 15) is 75.5 Å². The molecule has 5 heterocycles. The van der Waals surface area contributed by atoms with Crippen LogP contribution in [0.3, 0.4) is 0 Å². The third kappa shape index (κ3) is 16.4. The Balaban J connectivity index is 0.000000170. The van der Waals surface area contributed by atoms with E-state index >= 15 is 0 Å². The summed E-state index contributed by atoms with van der Waals surface area (Å²) in [5.41, 5.74) is -0.309. The number of sulfonamides is 2. The van der Waals surface area contributed by atoms with Gasteiger partial charge in [0, 0.05) is 102 Å². The van der Waals surface area contributed by atoms with Crippen LogP contribution in [-0.4, -0.2) is 175 Å². The number of hydrogen-bond donors (Lipinski definition) is 0. The summed E-state index contributed by atoms with van der Waals surface area (Å²) in [5.74, 6) is -3.15. The number of hydrogen-bond acceptors (Lipinski definition) is 14. The lowest BCUT2D eigenvalue weighted by Crippen LogP contribution is -2.50. The molecule has 3 fully saturated rings. The fraction of sp³-hybridized carbons (Fsp3) is 0.351. The number of thioether (sulfide) groups is 1. The SMILES string of the molecule is CCN(CC)S(=O)(=O)c1ccc(OC)c(N2CCN(C(=O)c3ccc(F)cc3C(F)(F)F)CC2)c1.COc1ccc(S(=O)(=O)[N+]2=CC(C)CCC2)cc1N1CCN(C(=O)c2ccc(F)cc2C(F)(F)F)CC1.[C-]#[N+]c1cccc(CN2C(=O)C3(SCCN3C(=O)c3ccccc3F)c3cc(OC)ccc32)c1. The summed E-state index contributed by atoms with van der Waals surface area (Å²) in [4.78, 5) is 65.0. The number of carbonyl (C=O) groups excluding carboxylic acids is 4. The lowest BCUT2D eigenvalue weighted by Gasteiger charge is -2.37. The van der Waals surface area contributed by atoms with Crippen molar-refractivity contribution in [3.63, 3.8) is 0 Å². The molecule has 4 amide bonds. The molecule has 0 aliphatic carbocycles. The minimum absolute atomic E-state index is 0.0650. The first-order valence-corrected chi connectivity index (χ1v) is 37.4. The number of methoxy groups -OCH3 is 3. The highest BCUT2D eigenvalue weighted by Gasteiger charge is 2.60. The van der Waals surface area contributed by atoms with E-state index in [0.717, 1.165) is 42.7 Å². The standard InChI is InChI=1S/C26H20FN3O3S.C25H28F4N3O4S.C23H27F4N3O4S/c1-28-18-7-5-6-17(14-18)16-29-23-11-10-19(33-2)15-21(23)26(25(29)32)30(12-13-34-26)24(31)20-8-3-4-9-22(20)27;1-17-4-3-9-32(16-17)37(34,35)19-6-8-23(36-2)22(15-19)30-10-12-31(13-11-30)24(33)20-7-5-18(26)14-21(20)25(27,28)29;1-4-30(5-2)35(32,33)17-7-9-21(34-3)20(15-17)28-10-12-29(13-11-28)22(31)18-8-6-16(24)14-19(18)23(25,26)27/h3-11,14-15H,12-13,16H2,2H3;5-8,14-17H,3-4,9-13H2,1-2H3;6-9,14-15H,4-5,10-13H2,1-3H3/q;+1;. The zero-order valence-corrected chi connectivity index (χ0v) is 60.8. The molecule has 562 valence electrons. The first-order valence-electron chi connectivity index (χ1n) is 33.6. The molecule has 7 aromatic rings. The maximum Gasteiger partial charge on any atom is 0.417 e. The first kappa shape index (κ1) is 78.7. The first-order chi connectivity index (χ1) is 50.3. The van der Waals surface area contributed by atoms with Gasteiger partial charge >= 0.3 is 22.4 Å². The van der Waals surface area contributed by atoms with Crippen molar-refractivity contribution >= 4 is 84.4 Å². The molecule has 5 aliphatic heterocycles. The van der Waals surface area contributed by atoms with Crippen LogP contribution in [-0.2, 0) is 48.6 Å². The van der Waals surface area contributed by atoms with Crippen LogP contribution >= 0.6 is 11.8 Å². The molecule has 12 rings (SSSR count). The zero-order valence-electron chi connectivity index (χ0n) is 58.4. The van der Waals surface area contributed by atoms with Gasteiger partial charge in [-0.3, -0.25) is 19.2 Å². The maximum atomic E-state index is 14.5. The molecule has 2 unspecified atom stereocenters. The van der Waals surface area contributed by atoms with E-state index in [4.69, 9.17) is 20.8 Å². The summed E-state index contributed by atoms with van der Waals surface area (Å²) in [6.45, 7) is 15.6. The molecule has 7 aromatic carbocycles. The Morgan fingerprint density at radius 2 is 1.17 bits per heavy atom. The Labute approximate surface area is 612 Å². The second-order valence-corrected chi connectivity index (χ2v) is 30.2. The van der Waals surface area contributed by atoms with E-state index in [1.54, 1.807) is 80.6 Å². The third-order valence-electron chi connectivity index (χ3n) is 18.7. The molecular weight excluding hydrogens is 1460 g/mol. The van der Waals surface area contributed by atoms with Crippen LogP contribution in [0.4, 0.5) is 62.3 Å². The van der Waals surface area contributed by atoms with Crippen LogP contribution < -0.4 is 28.9 Å². The lowest BCUT2D eigenvalue weighted by atomic mass is 10.0. The van der Waals surface area contributed by atoms with Gasteiger partial charge in [-0.05, 0) is 115 Å².